The molecule has 1 aromatic rings. The number of hydrogen-bond acceptors (Lipinski definition) is 5. The maximum atomic E-state index is 12.1. The normalized spacial score (nSPS) is 19.7. The number of benzene rings is 1. The van der Waals surface area contributed by atoms with Gasteiger partial charge in [-0.25, -0.2) is 0 Å². The molecule has 5 nitrogen and oxygen atoms in total. The molecule has 0 aromatic heterocycles. The Morgan fingerprint density at radius 3 is 1.91 bits per heavy atom. The van der Waals surface area contributed by atoms with Gasteiger partial charge in [-0.2, -0.15) is 0 Å². The predicted molar refractivity (Wildman–Crippen MR) is 71.2 cm³/mol. The van der Waals surface area contributed by atoms with Crippen LogP contribution in [0.25, 0.3) is 0 Å². The van der Waals surface area contributed by atoms with E-state index in [-0.39, 0.29) is 12.2 Å². The van der Waals surface area contributed by atoms with Gasteiger partial charge in [-0.1, -0.05) is 12.1 Å². The summed E-state index contributed by atoms with van der Waals surface area (Å²) < 4.78 is 50.2. The zero-order valence-electron chi connectivity index (χ0n) is 12.7. The molecule has 1 aliphatic heterocycles. The zero-order valence-corrected chi connectivity index (χ0v) is 12.7. The van der Waals surface area contributed by atoms with E-state index in [1.165, 1.54) is 32.9 Å². The first-order valence-corrected chi connectivity index (χ1v) is 6.73. The van der Waals surface area contributed by atoms with Crippen molar-refractivity contribution < 1.29 is 37.0 Å². The average Bonchev–Trinajstić information content (AvgIpc) is 2.36. The molecule has 23 heavy (non-hydrogen) atoms. The molecule has 1 aliphatic rings. The van der Waals surface area contributed by atoms with Crippen molar-refractivity contribution in [3.05, 3.63) is 29.8 Å². The Kier molecular flexibility index (Phi) is 4.04. The van der Waals surface area contributed by atoms with E-state index in [2.05, 4.69) is 4.74 Å². The van der Waals surface area contributed by atoms with Crippen LogP contribution in [0.3, 0.4) is 0 Å². The summed E-state index contributed by atoms with van der Waals surface area (Å²) in [6, 6.07) is 4.89. The minimum Gasteiger partial charge on any atom is -0.422 e. The molecule has 0 atom stereocenters. The summed E-state index contributed by atoms with van der Waals surface area (Å²) in [6.45, 7) is 4.24. The number of halogens is 3. The van der Waals surface area contributed by atoms with Crippen LogP contribution in [-0.4, -0.2) is 24.1 Å². The Balaban J connectivity index is 2.15. The third kappa shape index (κ3) is 3.94. The molecule has 2 rings (SSSR count). The quantitative estimate of drug-likeness (QED) is 0.629. The first kappa shape index (κ1) is 17.1. The second kappa shape index (κ2) is 5.43. The van der Waals surface area contributed by atoms with Crippen molar-refractivity contribution in [1.29, 1.82) is 0 Å². The highest BCUT2D eigenvalue weighted by Crippen LogP contribution is 2.35. The Hall–Kier alpha value is -2.25. The molecule has 0 N–H and O–H groups in total. The van der Waals surface area contributed by atoms with Gasteiger partial charge in [0.25, 0.3) is 5.79 Å². The standard InChI is InChI=1S/C15H15F3O5/c1-13(2)22-11(19)14(3,12(20)23-13)8-9-4-6-10(7-5-9)21-15(16,17)18/h4-7H,8H2,1-3H3. The van der Waals surface area contributed by atoms with Gasteiger partial charge < -0.3 is 14.2 Å². The summed E-state index contributed by atoms with van der Waals surface area (Å²) in [5.74, 6) is -3.21. The molecule has 0 spiro atoms. The molecule has 0 aliphatic carbocycles. The minimum atomic E-state index is -4.78. The maximum Gasteiger partial charge on any atom is 0.573 e. The molecule has 1 saturated heterocycles. The van der Waals surface area contributed by atoms with Crippen LogP contribution in [0.1, 0.15) is 26.3 Å². The SMILES string of the molecule is CC1(C)OC(=O)C(C)(Cc2ccc(OC(F)(F)F)cc2)C(=O)O1. The summed E-state index contributed by atoms with van der Waals surface area (Å²) >= 11 is 0. The Bertz CT molecular complexity index is 599. The van der Waals surface area contributed by atoms with Crippen molar-refractivity contribution in [2.75, 3.05) is 0 Å². The maximum absolute atomic E-state index is 12.1. The van der Waals surface area contributed by atoms with E-state index in [9.17, 15) is 22.8 Å². The van der Waals surface area contributed by atoms with E-state index in [0.717, 1.165) is 12.1 Å². The van der Waals surface area contributed by atoms with Crippen LogP contribution in [0.5, 0.6) is 5.75 Å². The van der Waals surface area contributed by atoms with Crippen LogP contribution in [0.2, 0.25) is 0 Å². The fraction of sp³-hybridized carbons (Fsp3) is 0.467. The van der Waals surface area contributed by atoms with Crippen LogP contribution in [0, 0.1) is 5.41 Å². The smallest absolute Gasteiger partial charge is 0.422 e. The molecule has 1 fully saturated rings. The van der Waals surface area contributed by atoms with E-state index in [0.29, 0.717) is 5.56 Å². The summed E-state index contributed by atoms with van der Waals surface area (Å²) in [6.07, 6.45) is -4.84. The van der Waals surface area contributed by atoms with E-state index in [1.54, 1.807) is 0 Å². The van der Waals surface area contributed by atoms with Crippen molar-refractivity contribution in [2.45, 2.75) is 39.3 Å². The number of alkyl halides is 3. The molecule has 126 valence electrons. The monoisotopic (exact) mass is 332 g/mol. The van der Waals surface area contributed by atoms with Gasteiger partial charge in [-0.3, -0.25) is 9.59 Å². The largest absolute Gasteiger partial charge is 0.573 e. The van der Waals surface area contributed by atoms with Gasteiger partial charge >= 0.3 is 18.3 Å². The van der Waals surface area contributed by atoms with Crippen LogP contribution >= 0.6 is 0 Å². The van der Waals surface area contributed by atoms with E-state index >= 15 is 0 Å². The Morgan fingerprint density at radius 1 is 1.00 bits per heavy atom. The van der Waals surface area contributed by atoms with Crippen molar-refractivity contribution in [3.8, 4) is 5.75 Å². The van der Waals surface area contributed by atoms with Gasteiger partial charge in [-0.05, 0) is 31.0 Å². The lowest BCUT2D eigenvalue weighted by atomic mass is 9.82. The third-order valence-electron chi connectivity index (χ3n) is 3.29. The molecular formula is C15H15F3O5. The predicted octanol–water partition coefficient (Wildman–Crippen LogP) is 2.97. The zero-order chi connectivity index (χ0) is 17.5. The van der Waals surface area contributed by atoms with Gasteiger partial charge in [0.05, 0.1) is 0 Å². The average molecular weight is 332 g/mol. The molecule has 1 heterocycles. The number of carbonyl (C=O) groups is 2. The molecule has 1 aromatic carbocycles. The molecule has 0 amide bonds. The summed E-state index contributed by atoms with van der Waals surface area (Å²) in [5, 5.41) is 0. The fourth-order valence-electron chi connectivity index (χ4n) is 2.14. The first-order valence-electron chi connectivity index (χ1n) is 6.73. The molecule has 0 saturated carbocycles. The van der Waals surface area contributed by atoms with Crippen molar-refractivity contribution in [2.24, 2.45) is 5.41 Å². The number of rotatable bonds is 3. The van der Waals surface area contributed by atoms with Crippen molar-refractivity contribution >= 4 is 11.9 Å². The number of carbonyl (C=O) groups excluding carboxylic acids is 2. The molecular weight excluding hydrogens is 317 g/mol. The minimum absolute atomic E-state index is 0.0625. The summed E-state index contributed by atoms with van der Waals surface area (Å²) in [7, 11) is 0. The van der Waals surface area contributed by atoms with Crippen molar-refractivity contribution in [1.82, 2.24) is 0 Å². The highest BCUT2D eigenvalue weighted by atomic mass is 19.4. The number of hydrogen-bond donors (Lipinski definition) is 0. The van der Waals surface area contributed by atoms with Gasteiger partial charge in [0.1, 0.15) is 5.75 Å². The summed E-state index contributed by atoms with van der Waals surface area (Å²) in [5.41, 5.74) is -1.09. The molecule has 8 heteroatoms. The lowest BCUT2D eigenvalue weighted by Crippen LogP contribution is -2.53. The number of esters is 2. The lowest BCUT2D eigenvalue weighted by Gasteiger charge is -2.38. The second-order valence-electron chi connectivity index (χ2n) is 5.88. The second-order valence-corrected chi connectivity index (χ2v) is 5.88. The molecule has 0 unspecified atom stereocenters. The molecule has 0 radical (unpaired) electrons. The van der Waals surface area contributed by atoms with Crippen molar-refractivity contribution in [3.63, 3.8) is 0 Å². The number of cyclic esters (lactones) is 2. The number of ether oxygens (including phenoxy) is 3. The van der Waals surface area contributed by atoms with Gasteiger partial charge in [0.2, 0.25) is 0 Å². The Morgan fingerprint density at radius 2 is 1.48 bits per heavy atom. The van der Waals surface area contributed by atoms with E-state index in [1.807, 2.05) is 0 Å². The van der Waals surface area contributed by atoms with Gasteiger partial charge in [0, 0.05) is 13.8 Å². The van der Waals surface area contributed by atoms with Crippen LogP contribution < -0.4 is 4.74 Å². The topological polar surface area (TPSA) is 61.8 Å². The van der Waals surface area contributed by atoms with Gasteiger partial charge in [0.15, 0.2) is 5.41 Å². The third-order valence-corrected chi connectivity index (χ3v) is 3.29. The van der Waals surface area contributed by atoms with Crippen LogP contribution in [-0.2, 0) is 25.5 Å². The highest BCUT2D eigenvalue weighted by molar-refractivity contribution is 6.01. The highest BCUT2D eigenvalue weighted by Gasteiger charge is 2.52. The summed E-state index contributed by atoms with van der Waals surface area (Å²) in [4.78, 5) is 24.2. The van der Waals surface area contributed by atoms with E-state index in [4.69, 9.17) is 9.47 Å². The van der Waals surface area contributed by atoms with Crippen LogP contribution in [0.4, 0.5) is 13.2 Å². The van der Waals surface area contributed by atoms with Crippen LogP contribution in [0.15, 0.2) is 24.3 Å². The molecule has 0 bridgehead atoms. The lowest BCUT2D eigenvalue weighted by molar-refractivity contribution is -0.274. The van der Waals surface area contributed by atoms with Gasteiger partial charge in [-0.15, -0.1) is 13.2 Å². The Labute approximate surface area is 130 Å². The first-order chi connectivity index (χ1) is 10.4. The fourth-order valence-corrected chi connectivity index (χ4v) is 2.14. The van der Waals surface area contributed by atoms with E-state index < -0.39 is 29.5 Å².